The number of rotatable bonds is 1. The van der Waals surface area contributed by atoms with E-state index in [-0.39, 0.29) is 5.41 Å². The molecule has 0 heterocycles. The predicted molar refractivity (Wildman–Crippen MR) is 61.4 cm³/mol. The van der Waals surface area contributed by atoms with Crippen LogP contribution in [-0.4, -0.2) is 7.11 Å². The monoisotopic (exact) mass is 223 g/mol. The first-order valence-electron chi connectivity index (χ1n) is 4.68. The van der Waals surface area contributed by atoms with Gasteiger partial charge in [-0.15, -0.1) is 0 Å². The van der Waals surface area contributed by atoms with E-state index in [4.69, 9.17) is 21.6 Å². The highest BCUT2D eigenvalue weighted by Gasteiger charge is 2.22. The summed E-state index contributed by atoms with van der Waals surface area (Å²) >= 11 is 5.96. The summed E-state index contributed by atoms with van der Waals surface area (Å²) in [6.07, 6.45) is 0. The predicted octanol–water partition coefficient (Wildman–Crippen LogP) is 3.52. The molecule has 0 aliphatic rings. The van der Waals surface area contributed by atoms with Gasteiger partial charge in [0.2, 0.25) is 0 Å². The van der Waals surface area contributed by atoms with Crippen LogP contribution in [0.1, 0.15) is 31.9 Å². The van der Waals surface area contributed by atoms with Gasteiger partial charge in [0.1, 0.15) is 11.8 Å². The van der Waals surface area contributed by atoms with E-state index in [9.17, 15) is 0 Å². The Kier molecular flexibility index (Phi) is 3.26. The first-order chi connectivity index (χ1) is 6.90. The van der Waals surface area contributed by atoms with E-state index in [1.54, 1.807) is 13.2 Å². The second kappa shape index (κ2) is 4.12. The molecule has 0 saturated carbocycles. The number of nitriles is 1. The molecule has 0 bridgehead atoms. The summed E-state index contributed by atoms with van der Waals surface area (Å²) in [5.41, 5.74) is 1.34. The summed E-state index contributed by atoms with van der Waals surface area (Å²) in [6.45, 7) is 6.17. The fourth-order valence-electron chi connectivity index (χ4n) is 1.45. The molecule has 0 N–H and O–H groups in total. The number of halogens is 1. The molecule has 0 fully saturated rings. The second-order valence-electron chi connectivity index (χ2n) is 4.40. The molecule has 3 heteroatoms. The van der Waals surface area contributed by atoms with Crippen LogP contribution < -0.4 is 4.74 Å². The van der Waals surface area contributed by atoms with Crippen LogP contribution >= 0.6 is 11.6 Å². The summed E-state index contributed by atoms with van der Waals surface area (Å²) in [5, 5.41) is 9.54. The van der Waals surface area contributed by atoms with Crippen molar-refractivity contribution in [3.63, 3.8) is 0 Å². The number of hydrogen-bond donors (Lipinski definition) is 0. The summed E-state index contributed by atoms with van der Waals surface area (Å²) in [6, 6.07) is 5.56. The lowest BCUT2D eigenvalue weighted by molar-refractivity contribution is 0.396. The highest BCUT2D eigenvalue weighted by molar-refractivity contribution is 6.30. The van der Waals surface area contributed by atoms with Gasteiger partial charge in [0.15, 0.2) is 0 Å². The first kappa shape index (κ1) is 11.9. The molecule has 1 aromatic rings. The Balaban J connectivity index is 3.51. The fourth-order valence-corrected chi connectivity index (χ4v) is 1.67. The SMILES string of the molecule is COc1c(C#N)cc(Cl)cc1C(C)(C)C. The van der Waals surface area contributed by atoms with Crippen molar-refractivity contribution in [3.8, 4) is 11.8 Å². The van der Waals surface area contributed by atoms with Crippen LogP contribution in [0.5, 0.6) is 5.75 Å². The molecule has 0 radical (unpaired) electrons. The van der Waals surface area contributed by atoms with Crippen molar-refractivity contribution >= 4 is 11.6 Å². The maximum atomic E-state index is 8.98. The van der Waals surface area contributed by atoms with Crippen LogP contribution in [0.4, 0.5) is 0 Å². The number of ether oxygens (including phenoxy) is 1. The van der Waals surface area contributed by atoms with Gasteiger partial charge < -0.3 is 4.74 Å². The van der Waals surface area contributed by atoms with Crippen LogP contribution in [-0.2, 0) is 5.41 Å². The van der Waals surface area contributed by atoms with Crippen molar-refractivity contribution < 1.29 is 4.74 Å². The molecule has 0 aromatic heterocycles. The van der Waals surface area contributed by atoms with Crippen molar-refractivity contribution in [1.82, 2.24) is 0 Å². The molecule has 0 aliphatic heterocycles. The number of methoxy groups -OCH3 is 1. The largest absolute Gasteiger partial charge is 0.495 e. The van der Waals surface area contributed by atoms with E-state index >= 15 is 0 Å². The minimum atomic E-state index is -0.0954. The van der Waals surface area contributed by atoms with E-state index < -0.39 is 0 Å². The standard InChI is InChI=1S/C12H14ClNO/c1-12(2,3)10-6-9(13)5-8(7-14)11(10)15-4/h5-6H,1-4H3. The quantitative estimate of drug-likeness (QED) is 0.730. The zero-order valence-electron chi connectivity index (χ0n) is 9.39. The Morgan fingerprint density at radius 1 is 1.33 bits per heavy atom. The molecule has 2 nitrogen and oxygen atoms in total. The average molecular weight is 224 g/mol. The van der Waals surface area contributed by atoms with Gasteiger partial charge in [-0.2, -0.15) is 5.26 Å². The normalized spacial score (nSPS) is 10.9. The van der Waals surface area contributed by atoms with Crippen LogP contribution in [0.3, 0.4) is 0 Å². The lowest BCUT2D eigenvalue weighted by Gasteiger charge is -2.22. The van der Waals surface area contributed by atoms with Crippen LogP contribution in [0.15, 0.2) is 12.1 Å². The Hall–Kier alpha value is -1.20. The van der Waals surface area contributed by atoms with E-state index in [0.717, 1.165) is 5.56 Å². The second-order valence-corrected chi connectivity index (χ2v) is 4.83. The molecule has 0 atom stereocenters. The van der Waals surface area contributed by atoms with Gasteiger partial charge in [0, 0.05) is 10.6 Å². The minimum absolute atomic E-state index is 0.0954. The highest BCUT2D eigenvalue weighted by Crippen LogP contribution is 2.36. The van der Waals surface area contributed by atoms with Crippen molar-refractivity contribution in [2.24, 2.45) is 0 Å². The van der Waals surface area contributed by atoms with Crippen molar-refractivity contribution in [2.75, 3.05) is 7.11 Å². The third kappa shape index (κ3) is 2.43. The van der Waals surface area contributed by atoms with Gasteiger partial charge >= 0.3 is 0 Å². The Morgan fingerprint density at radius 2 is 1.93 bits per heavy atom. The fraction of sp³-hybridized carbons (Fsp3) is 0.417. The summed E-state index contributed by atoms with van der Waals surface area (Å²) in [4.78, 5) is 0. The minimum Gasteiger partial charge on any atom is -0.495 e. The van der Waals surface area contributed by atoms with Crippen molar-refractivity contribution in [1.29, 1.82) is 5.26 Å². The van der Waals surface area contributed by atoms with Gasteiger partial charge in [-0.1, -0.05) is 32.4 Å². The Bertz CT molecular complexity index is 413. The van der Waals surface area contributed by atoms with Gasteiger partial charge in [-0.3, -0.25) is 0 Å². The molecule has 1 rings (SSSR count). The zero-order chi connectivity index (χ0) is 11.6. The molecule has 1 aromatic carbocycles. The lowest BCUT2D eigenvalue weighted by Crippen LogP contribution is -2.13. The molecule has 0 aliphatic carbocycles. The van der Waals surface area contributed by atoms with Gasteiger partial charge in [0.05, 0.1) is 12.7 Å². The van der Waals surface area contributed by atoms with Gasteiger partial charge in [-0.25, -0.2) is 0 Å². The van der Waals surface area contributed by atoms with E-state index in [1.165, 1.54) is 0 Å². The summed E-state index contributed by atoms with van der Waals surface area (Å²) < 4.78 is 5.27. The van der Waals surface area contributed by atoms with Crippen LogP contribution in [0.2, 0.25) is 5.02 Å². The third-order valence-electron chi connectivity index (χ3n) is 2.19. The molecule has 80 valence electrons. The maximum Gasteiger partial charge on any atom is 0.140 e. The number of nitrogens with zero attached hydrogens (tertiary/aromatic N) is 1. The summed E-state index contributed by atoms with van der Waals surface area (Å²) in [5.74, 6) is 0.620. The summed E-state index contributed by atoms with van der Waals surface area (Å²) in [7, 11) is 1.57. The van der Waals surface area contributed by atoms with Crippen LogP contribution in [0.25, 0.3) is 0 Å². The van der Waals surface area contributed by atoms with E-state index in [2.05, 4.69) is 26.8 Å². The first-order valence-corrected chi connectivity index (χ1v) is 5.06. The Labute approximate surface area is 95.4 Å². The van der Waals surface area contributed by atoms with E-state index in [0.29, 0.717) is 16.3 Å². The molecular formula is C12H14ClNO. The topological polar surface area (TPSA) is 33.0 Å². The lowest BCUT2D eigenvalue weighted by atomic mass is 9.85. The average Bonchev–Trinajstić information content (AvgIpc) is 2.15. The van der Waals surface area contributed by atoms with Crippen molar-refractivity contribution in [2.45, 2.75) is 26.2 Å². The molecule has 0 unspecified atom stereocenters. The highest BCUT2D eigenvalue weighted by atomic mass is 35.5. The number of hydrogen-bond acceptors (Lipinski definition) is 2. The van der Waals surface area contributed by atoms with E-state index in [1.807, 2.05) is 6.07 Å². The van der Waals surface area contributed by atoms with Crippen molar-refractivity contribution in [3.05, 3.63) is 28.3 Å². The number of benzene rings is 1. The van der Waals surface area contributed by atoms with Gasteiger partial charge in [-0.05, 0) is 17.5 Å². The van der Waals surface area contributed by atoms with Gasteiger partial charge in [0.25, 0.3) is 0 Å². The van der Waals surface area contributed by atoms with Crippen LogP contribution in [0, 0.1) is 11.3 Å². The zero-order valence-corrected chi connectivity index (χ0v) is 10.1. The Morgan fingerprint density at radius 3 is 2.33 bits per heavy atom. The molecular weight excluding hydrogens is 210 g/mol. The smallest absolute Gasteiger partial charge is 0.140 e. The molecule has 15 heavy (non-hydrogen) atoms. The third-order valence-corrected chi connectivity index (χ3v) is 2.40. The molecule has 0 amide bonds. The molecule has 0 saturated heterocycles. The maximum absolute atomic E-state index is 8.98. The molecule has 0 spiro atoms.